The second-order valence-corrected chi connectivity index (χ2v) is 3.34. The molecule has 0 spiro atoms. The Labute approximate surface area is 93.0 Å². The molecule has 15 heavy (non-hydrogen) atoms. The topological polar surface area (TPSA) is 41.6 Å². The Bertz CT molecular complexity index is 159. The highest BCUT2D eigenvalue weighted by atomic mass is 16.5. The van der Waals surface area contributed by atoms with E-state index in [4.69, 9.17) is 4.74 Å². The number of nitrogens with zero attached hydrogens (tertiary/aromatic N) is 1. The van der Waals surface area contributed by atoms with Crippen molar-refractivity contribution in [3.05, 3.63) is 0 Å². The quantitative estimate of drug-likeness (QED) is 0.582. The number of hydrogen-bond acceptors (Lipinski definition) is 3. The van der Waals surface area contributed by atoms with Crippen LogP contribution in [0.3, 0.4) is 0 Å². The molecule has 0 aromatic rings. The molecular formula is C11H24N2O2. The van der Waals surface area contributed by atoms with Crippen LogP contribution >= 0.6 is 0 Å². The SMILES string of the molecule is CCC(=O)NCCOCCN(CC)CC. The highest BCUT2D eigenvalue weighted by molar-refractivity contribution is 5.75. The van der Waals surface area contributed by atoms with Crippen LogP contribution in [0.4, 0.5) is 0 Å². The number of ether oxygens (including phenoxy) is 1. The van der Waals surface area contributed by atoms with Gasteiger partial charge in [-0.05, 0) is 13.1 Å². The summed E-state index contributed by atoms with van der Waals surface area (Å²) in [5.41, 5.74) is 0. The van der Waals surface area contributed by atoms with Gasteiger partial charge >= 0.3 is 0 Å². The number of carbonyl (C=O) groups is 1. The van der Waals surface area contributed by atoms with Crippen molar-refractivity contribution in [2.24, 2.45) is 0 Å². The fourth-order valence-electron chi connectivity index (χ4n) is 1.22. The van der Waals surface area contributed by atoms with Crippen molar-refractivity contribution in [1.82, 2.24) is 10.2 Å². The molecule has 1 N–H and O–H groups in total. The third-order valence-corrected chi connectivity index (χ3v) is 2.34. The van der Waals surface area contributed by atoms with Gasteiger partial charge in [0, 0.05) is 19.5 Å². The summed E-state index contributed by atoms with van der Waals surface area (Å²) >= 11 is 0. The summed E-state index contributed by atoms with van der Waals surface area (Å²) in [7, 11) is 0. The van der Waals surface area contributed by atoms with Crippen molar-refractivity contribution in [3.8, 4) is 0 Å². The van der Waals surface area contributed by atoms with E-state index < -0.39 is 0 Å². The van der Waals surface area contributed by atoms with Crippen LogP contribution in [-0.2, 0) is 9.53 Å². The van der Waals surface area contributed by atoms with Crippen molar-refractivity contribution in [1.29, 1.82) is 0 Å². The Morgan fingerprint density at radius 2 is 1.87 bits per heavy atom. The van der Waals surface area contributed by atoms with Crippen molar-refractivity contribution in [2.45, 2.75) is 27.2 Å². The maximum absolute atomic E-state index is 10.9. The minimum atomic E-state index is 0.0855. The minimum Gasteiger partial charge on any atom is -0.378 e. The Balaban J connectivity index is 3.21. The van der Waals surface area contributed by atoms with Crippen LogP contribution in [0, 0.1) is 0 Å². The Morgan fingerprint density at radius 1 is 1.20 bits per heavy atom. The molecule has 0 bridgehead atoms. The summed E-state index contributed by atoms with van der Waals surface area (Å²) in [6.07, 6.45) is 0.541. The smallest absolute Gasteiger partial charge is 0.219 e. The van der Waals surface area contributed by atoms with E-state index in [0.717, 1.165) is 26.2 Å². The van der Waals surface area contributed by atoms with E-state index in [1.807, 2.05) is 6.92 Å². The van der Waals surface area contributed by atoms with Gasteiger partial charge in [-0.2, -0.15) is 0 Å². The summed E-state index contributed by atoms with van der Waals surface area (Å²) in [5.74, 6) is 0.0855. The molecule has 0 aromatic heterocycles. The second kappa shape index (κ2) is 9.93. The van der Waals surface area contributed by atoms with Crippen LogP contribution in [0.5, 0.6) is 0 Å². The average molecular weight is 216 g/mol. The molecule has 90 valence electrons. The Morgan fingerprint density at radius 3 is 2.40 bits per heavy atom. The van der Waals surface area contributed by atoms with Gasteiger partial charge < -0.3 is 15.0 Å². The summed E-state index contributed by atoms with van der Waals surface area (Å²) in [5, 5.41) is 2.77. The van der Waals surface area contributed by atoms with Gasteiger partial charge in [0.25, 0.3) is 0 Å². The third kappa shape index (κ3) is 8.39. The maximum Gasteiger partial charge on any atom is 0.219 e. The molecule has 0 saturated carbocycles. The standard InChI is InChI=1S/C11H24N2O2/c1-4-11(14)12-7-9-15-10-8-13(5-2)6-3/h4-10H2,1-3H3,(H,12,14). The highest BCUT2D eigenvalue weighted by Gasteiger charge is 1.98. The average Bonchev–Trinajstić information content (AvgIpc) is 2.28. The van der Waals surface area contributed by atoms with Crippen LogP contribution in [0.15, 0.2) is 0 Å². The lowest BCUT2D eigenvalue weighted by atomic mass is 10.4. The van der Waals surface area contributed by atoms with Crippen molar-refractivity contribution < 1.29 is 9.53 Å². The van der Waals surface area contributed by atoms with Gasteiger partial charge in [-0.1, -0.05) is 20.8 Å². The predicted molar refractivity (Wildman–Crippen MR) is 61.9 cm³/mol. The highest BCUT2D eigenvalue weighted by Crippen LogP contribution is 1.86. The van der Waals surface area contributed by atoms with Gasteiger partial charge in [-0.3, -0.25) is 4.79 Å². The van der Waals surface area contributed by atoms with Crippen molar-refractivity contribution in [3.63, 3.8) is 0 Å². The first-order valence-electron chi connectivity index (χ1n) is 5.81. The first kappa shape index (κ1) is 14.4. The zero-order valence-electron chi connectivity index (χ0n) is 10.2. The van der Waals surface area contributed by atoms with Gasteiger partial charge in [0.15, 0.2) is 0 Å². The number of amides is 1. The van der Waals surface area contributed by atoms with Crippen molar-refractivity contribution >= 4 is 5.91 Å². The molecule has 0 aliphatic heterocycles. The molecular weight excluding hydrogens is 192 g/mol. The van der Waals surface area contributed by atoms with Crippen LogP contribution in [0.25, 0.3) is 0 Å². The molecule has 4 nitrogen and oxygen atoms in total. The zero-order chi connectivity index (χ0) is 11.5. The number of carbonyl (C=O) groups excluding carboxylic acids is 1. The lowest BCUT2D eigenvalue weighted by Gasteiger charge is -2.17. The van der Waals surface area contributed by atoms with E-state index in [2.05, 4.69) is 24.1 Å². The molecule has 1 amide bonds. The number of nitrogens with one attached hydrogen (secondary N) is 1. The molecule has 0 aromatic carbocycles. The van der Waals surface area contributed by atoms with Gasteiger partial charge in [0.1, 0.15) is 0 Å². The number of hydrogen-bond donors (Lipinski definition) is 1. The van der Waals surface area contributed by atoms with Crippen LogP contribution in [-0.4, -0.2) is 50.2 Å². The van der Waals surface area contributed by atoms with E-state index in [1.54, 1.807) is 0 Å². The van der Waals surface area contributed by atoms with Crippen LogP contribution in [0.1, 0.15) is 27.2 Å². The van der Waals surface area contributed by atoms with E-state index in [1.165, 1.54) is 0 Å². The fraction of sp³-hybridized carbons (Fsp3) is 0.909. The van der Waals surface area contributed by atoms with E-state index in [-0.39, 0.29) is 5.91 Å². The number of rotatable bonds is 9. The predicted octanol–water partition coefficient (Wildman–Crippen LogP) is 0.871. The summed E-state index contributed by atoms with van der Waals surface area (Å²) in [6, 6.07) is 0. The molecule has 0 saturated heterocycles. The fourth-order valence-corrected chi connectivity index (χ4v) is 1.22. The third-order valence-electron chi connectivity index (χ3n) is 2.34. The Kier molecular flexibility index (Phi) is 9.52. The molecule has 0 heterocycles. The molecule has 0 atom stereocenters. The lowest BCUT2D eigenvalue weighted by Crippen LogP contribution is -2.29. The monoisotopic (exact) mass is 216 g/mol. The summed E-state index contributed by atoms with van der Waals surface area (Å²) in [4.78, 5) is 13.2. The molecule has 0 radical (unpaired) electrons. The second-order valence-electron chi connectivity index (χ2n) is 3.34. The van der Waals surface area contributed by atoms with Crippen molar-refractivity contribution in [2.75, 3.05) is 39.4 Å². The van der Waals surface area contributed by atoms with E-state index in [0.29, 0.717) is 19.6 Å². The molecule has 0 aliphatic carbocycles. The van der Waals surface area contributed by atoms with Gasteiger partial charge in [0.05, 0.1) is 13.2 Å². The molecule has 0 unspecified atom stereocenters. The number of likely N-dealkylation sites (N-methyl/N-ethyl adjacent to an activating group) is 1. The summed E-state index contributed by atoms with van der Waals surface area (Å²) in [6.45, 7) is 11.2. The van der Waals surface area contributed by atoms with E-state index >= 15 is 0 Å². The molecule has 0 rings (SSSR count). The lowest BCUT2D eigenvalue weighted by molar-refractivity contribution is -0.121. The summed E-state index contributed by atoms with van der Waals surface area (Å²) < 4.78 is 5.41. The Hall–Kier alpha value is -0.610. The molecule has 4 heteroatoms. The van der Waals surface area contributed by atoms with Gasteiger partial charge in [0.2, 0.25) is 5.91 Å². The van der Waals surface area contributed by atoms with E-state index in [9.17, 15) is 4.79 Å². The van der Waals surface area contributed by atoms with Crippen LogP contribution < -0.4 is 5.32 Å². The minimum absolute atomic E-state index is 0.0855. The van der Waals surface area contributed by atoms with Gasteiger partial charge in [-0.25, -0.2) is 0 Å². The first-order chi connectivity index (χ1) is 7.24. The molecule has 0 fully saturated rings. The van der Waals surface area contributed by atoms with Gasteiger partial charge in [-0.15, -0.1) is 0 Å². The zero-order valence-corrected chi connectivity index (χ0v) is 10.2. The maximum atomic E-state index is 10.9. The normalized spacial score (nSPS) is 10.7. The van der Waals surface area contributed by atoms with Crippen LogP contribution in [0.2, 0.25) is 0 Å². The first-order valence-corrected chi connectivity index (χ1v) is 5.81. The molecule has 0 aliphatic rings. The largest absolute Gasteiger partial charge is 0.378 e.